The van der Waals surface area contributed by atoms with E-state index >= 15 is 0 Å². The molecule has 0 amide bonds. The van der Waals surface area contributed by atoms with Crippen molar-refractivity contribution >= 4 is 11.3 Å². The maximum absolute atomic E-state index is 5.74. The highest BCUT2D eigenvalue weighted by atomic mass is 32.1. The highest BCUT2D eigenvalue weighted by molar-refractivity contribution is 7.10. The van der Waals surface area contributed by atoms with E-state index in [4.69, 9.17) is 9.47 Å². The van der Waals surface area contributed by atoms with E-state index in [-0.39, 0.29) is 0 Å². The highest BCUT2D eigenvalue weighted by Gasteiger charge is 2.43. The Labute approximate surface area is 138 Å². The molecule has 22 heavy (non-hydrogen) atoms. The molecule has 2 fully saturated rings. The van der Waals surface area contributed by atoms with Gasteiger partial charge >= 0.3 is 0 Å². The second kappa shape index (κ2) is 7.43. The molecule has 3 nitrogen and oxygen atoms in total. The van der Waals surface area contributed by atoms with Gasteiger partial charge in [-0.05, 0) is 68.6 Å². The molecule has 1 spiro atoms. The number of rotatable bonds is 5. The predicted octanol–water partition coefficient (Wildman–Crippen LogP) is 3.71. The Balaban J connectivity index is 1.58. The van der Waals surface area contributed by atoms with Gasteiger partial charge in [0, 0.05) is 30.6 Å². The van der Waals surface area contributed by atoms with Crippen molar-refractivity contribution < 1.29 is 9.47 Å². The maximum atomic E-state index is 5.74. The summed E-state index contributed by atoms with van der Waals surface area (Å²) in [5, 5.41) is 2.21. The van der Waals surface area contributed by atoms with Gasteiger partial charge < -0.3 is 9.47 Å². The number of aryl methyl sites for hydroxylation is 1. The minimum atomic E-state index is 0.467. The van der Waals surface area contributed by atoms with Crippen LogP contribution in [-0.4, -0.2) is 44.4 Å². The lowest BCUT2D eigenvalue weighted by molar-refractivity contribution is -0.0992. The Kier molecular flexibility index (Phi) is 5.55. The van der Waals surface area contributed by atoms with Gasteiger partial charge in [-0.3, -0.25) is 4.90 Å². The standard InChI is InChI=1S/C18H29NO2S/c1-3-20-13-16-14-21-10-7-18(16)5-8-19(9-6-18)12-17-15(2)4-11-22-17/h4,11,16H,3,5-10,12-14H2,1-2H3/t16-/m1/s1. The third kappa shape index (κ3) is 3.56. The number of hydrogen-bond donors (Lipinski definition) is 0. The average Bonchev–Trinajstić information content (AvgIpc) is 2.94. The fourth-order valence-electron chi connectivity index (χ4n) is 3.95. The van der Waals surface area contributed by atoms with E-state index in [1.807, 2.05) is 11.3 Å². The van der Waals surface area contributed by atoms with Crippen molar-refractivity contribution in [1.82, 2.24) is 4.90 Å². The first kappa shape index (κ1) is 16.4. The van der Waals surface area contributed by atoms with Crippen LogP contribution in [0, 0.1) is 18.3 Å². The van der Waals surface area contributed by atoms with Gasteiger partial charge in [-0.25, -0.2) is 0 Å². The van der Waals surface area contributed by atoms with Crippen molar-refractivity contribution in [3.8, 4) is 0 Å². The Bertz CT molecular complexity index is 465. The summed E-state index contributed by atoms with van der Waals surface area (Å²) in [6.45, 7) is 11.4. The number of piperidine rings is 1. The average molecular weight is 324 g/mol. The first-order chi connectivity index (χ1) is 10.7. The summed E-state index contributed by atoms with van der Waals surface area (Å²) in [7, 11) is 0. The van der Waals surface area contributed by atoms with Gasteiger partial charge in [0.05, 0.1) is 13.2 Å². The van der Waals surface area contributed by atoms with Crippen LogP contribution in [0.3, 0.4) is 0 Å². The van der Waals surface area contributed by atoms with Gasteiger partial charge in [-0.1, -0.05) is 0 Å². The van der Waals surface area contributed by atoms with Crippen LogP contribution in [0.25, 0.3) is 0 Å². The summed E-state index contributed by atoms with van der Waals surface area (Å²) < 4.78 is 11.5. The fourth-order valence-corrected chi connectivity index (χ4v) is 4.90. The quantitative estimate of drug-likeness (QED) is 0.824. The molecule has 2 aliphatic rings. The molecule has 3 heterocycles. The van der Waals surface area contributed by atoms with Crippen molar-refractivity contribution in [3.05, 3.63) is 21.9 Å². The summed E-state index contributed by atoms with van der Waals surface area (Å²) in [4.78, 5) is 4.17. The zero-order valence-electron chi connectivity index (χ0n) is 14.0. The molecule has 1 aromatic rings. The summed E-state index contributed by atoms with van der Waals surface area (Å²) in [6.07, 6.45) is 3.83. The first-order valence-corrected chi connectivity index (χ1v) is 9.52. The molecule has 0 saturated carbocycles. The zero-order chi connectivity index (χ0) is 15.4. The van der Waals surface area contributed by atoms with Crippen molar-refractivity contribution in [3.63, 3.8) is 0 Å². The second-order valence-corrected chi connectivity index (χ2v) is 7.85. The van der Waals surface area contributed by atoms with Crippen LogP contribution < -0.4 is 0 Å². The molecule has 2 aliphatic heterocycles. The smallest absolute Gasteiger partial charge is 0.0521 e. The minimum absolute atomic E-state index is 0.467. The molecule has 0 radical (unpaired) electrons. The molecule has 1 aromatic heterocycles. The van der Waals surface area contributed by atoms with Gasteiger partial charge in [0.2, 0.25) is 0 Å². The van der Waals surface area contributed by atoms with Crippen molar-refractivity contribution in [1.29, 1.82) is 0 Å². The molecule has 0 aromatic carbocycles. The number of ether oxygens (including phenoxy) is 2. The molecule has 3 rings (SSSR count). The highest BCUT2D eigenvalue weighted by Crippen LogP contribution is 2.45. The van der Waals surface area contributed by atoms with E-state index in [1.54, 1.807) is 0 Å². The SMILES string of the molecule is CCOC[C@@H]1COCCC12CCN(Cc1sccc1C)CC2. The van der Waals surface area contributed by atoms with Gasteiger partial charge in [-0.15, -0.1) is 11.3 Å². The Morgan fingerprint density at radius 3 is 2.86 bits per heavy atom. The molecular formula is C18H29NO2S. The monoisotopic (exact) mass is 323 g/mol. The molecule has 0 N–H and O–H groups in total. The molecule has 0 aliphatic carbocycles. The molecular weight excluding hydrogens is 294 g/mol. The molecule has 0 unspecified atom stereocenters. The van der Waals surface area contributed by atoms with E-state index in [2.05, 4.69) is 30.2 Å². The van der Waals surface area contributed by atoms with Gasteiger partial charge in [0.15, 0.2) is 0 Å². The first-order valence-electron chi connectivity index (χ1n) is 8.64. The van der Waals surface area contributed by atoms with Crippen LogP contribution in [0.4, 0.5) is 0 Å². The van der Waals surface area contributed by atoms with Crippen LogP contribution >= 0.6 is 11.3 Å². The van der Waals surface area contributed by atoms with E-state index in [0.29, 0.717) is 11.3 Å². The Morgan fingerprint density at radius 2 is 2.18 bits per heavy atom. The van der Waals surface area contributed by atoms with E-state index < -0.39 is 0 Å². The van der Waals surface area contributed by atoms with Crippen molar-refractivity contribution in [2.45, 2.75) is 39.7 Å². The molecule has 0 bridgehead atoms. The van der Waals surface area contributed by atoms with Gasteiger partial charge in [-0.2, -0.15) is 0 Å². The van der Waals surface area contributed by atoms with Crippen LogP contribution in [0.1, 0.15) is 36.6 Å². The largest absolute Gasteiger partial charge is 0.381 e. The topological polar surface area (TPSA) is 21.7 Å². The van der Waals surface area contributed by atoms with E-state index in [9.17, 15) is 0 Å². The van der Waals surface area contributed by atoms with E-state index in [1.165, 1.54) is 42.8 Å². The summed E-state index contributed by atoms with van der Waals surface area (Å²) in [6, 6.07) is 2.24. The lowest BCUT2D eigenvalue weighted by Gasteiger charge is -2.49. The zero-order valence-corrected chi connectivity index (χ0v) is 14.8. The van der Waals surface area contributed by atoms with Crippen LogP contribution in [0.5, 0.6) is 0 Å². The molecule has 2 saturated heterocycles. The van der Waals surface area contributed by atoms with Crippen LogP contribution in [-0.2, 0) is 16.0 Å². The van der Waals surface area contributed by atoms with Gasteiger partial charge in [0.25, 0.3) is 0 Å². The van der Waals surface area contributed by atoms with E-state index in [0.717, 1.165) is 33.0 Å². The van der Waals surface area contributed by atoms with Gasteiger partial charge in [0.1, 0.15) is 0 Å². The van der Waals surface area contributed by atoms with Crippen LogP contribution in [0.2, 0.25) is 0 Å². The van der Waals surface area contributed by atoms with Crippen molar-refractivity contribution in [2.24, 2.45) is 11.3 Å². The summed E-state index contributed by atoms with van der Waals surface area (Å²) >= 11 is 1.90. The fraction of sp³-hybridized carbons (Fsp3) is 0.778. The number of hydrogen-bond acceptors (Lipinski definition) is 4. The predicted molar refractivity (Wildman–Crippen MR) is 91.4 cm³/mol. The van der Waals surface area contributed by atoms with Crippen molar-refractivity contribution in [2.75, 3.05) is 39.5 Å². The Hall–Kier alpha value is -0.420. The number of thiophene rings is 1. The minimum Gasteiger partial charge on any atom is -0.381 e. The molecule has 4 heteroatoms. The Morgan fingerprint density at radius 1 is 1.36 bits per heavy atom. The normalized spacial score (nSPS) is 25.6. The lowest BCUT2D eigenvalue weighted by atomic mass is 9.66. The maximum Gasteiger partial charge on any atom is 0.0521 e. The number of nitrogens with zero attached hydrogens (tertiary/aromatic N) is 1. The lowest BCUT2D eigenvalue weighted by Crippen LogP contribution is -2.49. The molecule has 124 valence electrons. The summed E-state index contributed by atoms with van der Waals surface area (Å²) in [5.74, 6) is 0.590. The third-order valence-electron chi connectivity index (χ3n) is 5.64. The third-order valence-corrected chi connectivity index (χ3v) is 6.65. The number of likely N-dealkylation sites (tertiary alicyclic amines) is 1. The summed E-state index contributed by atoms with van der Waals surface area (Å²) in [5.41, 5.74) is 1.92. The van der Waals surface area contributed by atoms with Crippen LogP contribution in [0.15, 0.2) is 11.4 Å². The second-order valence-electron chi connectivity index (χ2n) is 6.85. The molecule has 1 atom stereocenters.